The lowest BCUT2D eigenvalue weighted by molar-refractivity contribution is -0.122. The van der Waals surface area contributed by atoms with Crippen LogP contribution in [-0.2, 0) is 17.9 Å². The topological polar surface area (TPSA) is 69.6 Å². The van der Waals surface area contributed by atoms with Crippen molar-refractivity contribution in [2.75, 3.05) is 13.1 Å². The van der Waals surface area contributed by atoms with Crippen molar-refractivity contribution in [2.45, 2.75) is 25.9 Å². The van der Waals surface area contributed by atoms with E-state index < -0.39 is 5.97 Å². The quantitative estimate of drug-likeness (QED) is 0.847. The van der Waals surface area contributed by atoms with Crippen LogP contribution < -0.4 is 5.32 Å². The molecule has 5 heteroatoms. The van der Waals surface area contributed by atoms with E-state index in [1.165, 1.54) is 12.8 Å². The highest BCUT2D eigenvalue weighted by molar-refractivity contribution is 5.88. The molecule has 106 valence electrons. The van der Waals surface area contributed by atoms with Crippen LogP contribution in [0.3, 0.4) is 0 Å². The molecule has 0 saturated heterocycles. The summed E-state index contributed by atoms with van der Waals surface area (Å²) in [7, 11) is 0. The molecule has 0 unspecified atom stereocenters. The number of fused-ring (bicyclic) bond motifs is 1. The molecule has 1 heterocycles. The standard InChI is InChI=1S/C15H18N2O3/c18-14(16-6-10-1-2-10)9-17-7-12-4-3-11(15(19)20)5-13(12)8-17/h3-5,10H,1-2,6-9H2,(H,16,18)(H,19,20). The molecule has 0 bridgehead atoms. The van der Waals surface area contributed by atoms with Crippen LogP contribution in [0.1, 0.15) is 34.3 Å². The number of aromatic carboxylic acids is 1. The van der Waals surface area contributed by atoms with Gasteiger partial charge in [0.15, 0.2) is 0 Å². The zero-order valence-corrected chi connectivity index (χ0v) is 11.3. The smallest absolute Gasteiger partial charge is 0.335 e. The Hall–Kier alpha value is -1.88. The molecule has 1 fully saturated rings. The number of nitrogens with one attached hydrogen (secondary N) is 1. The Bertz CT molecular complexity index is 552. The van der Waals surface area contributed by atoms with Gasteiger partial charge in [0.1, 0.15) is 0 Å². The molecule has 3 rings (SSSR count). The van der Waals surface area contributed by atoms with Gasteiger partial charge in [0.2, 0.25) is 5.91 Å². The Kier molecular flexibility index (Phi) is 3.44. The van der Waals surface area contributed by atoms with E-state index in [4.69, 9.17) is 5.11 Å². The van der Waals surface area contributed by atoms with Crippen molar-refractivity contribution in [1.29, 1.82) is 0 Å². The number of amides is 1. The molecule has 0 spiro atoms. The van der Waals surface area contributed by atoms with Crippen molar-refractivity contribution >= 4 is 11.9 Å². The largest absolute Gasteiger partial charge is 0.478 e. The maximum atomic E-state index is 11.8. The number of carboxylic acids is 1. The van der Waals surface area contributed by atoms with Gasteiger partial charge in [-0.1, -0.05) is 6.07 Å². The first-order valence-electron chi connectivity index (χ1n) is 6.96. The lowest BCUT2D eigenvalue weighted by atomic mass is 10.1. The van der Waals surface area contributed by atoms with Crippen LogP contribution in [0.5, 0.6) is 0 Å². The van der Waals surface area contributed by atoms with Gasteiger partial charge >= 0.3 is 5.97 Å². The second-order valence-electron chi connectivity index (χ2n) is 5.68. The van der Waals surface area contributed by atoms with Gasteiger partial charge in [0.05, 0.1) is 12.1 Å². The van der Waals surface area contributed by atoms with Gasteiger partial charge in [0, 0.05) is 19.6 Å². The summed E-state index contributed by atoms with van der Waals surface area (Å²) in [5.74, 6) is -0.163. The number of rotatable bonds is 5. The predicted octanol–water partition coefficient (Wildman–Crippen LogP) is 1.23. The molecule has 0 atom stereocenters. The molecular formula is C15H18N2O3. The second kappa shape index (κ2) is 5.25. The lowest BCUT2D eigenvalue weighted by Gasteiger charge is -2.14. The first kappa shape index (κ1) is 13.1. The number of benzene rings is 1. The van der Waals surface area contributed by atoms with E-state index >= 15 is 0 Å². The highest BCUT2D eigenvalue weighted by Crippen LogP contribution is 2.27. The lowest BCUT2D eigenvalue weighted by Crippen LogP contribution is -2.35. The van der Waals surface area contributed by atoms with Crippen molar-refractivity contribution in [2.24, 2.45) is 5.92 Å². The third-order valence-corrected chi connectivity index (χ3v) is 3.89. The summed E-state index contributed by atoms with van der Waals surface area (Å²) in [4.78, 5) is 24.8. The number of hydrogen-bond acceptors (Lipinski definition) is 3. The Balaban J connectivity index is 1.56. The van der Waals surface area contributed by atoms with Crippen LogP contribution in [0, 0.1) is 5.92 Å². The van der Waals surface area contributed by atoms with E-state index in [0.29, 0.717) is 31.1 Å². The van der Waals surface area contributed by atoms with Gasteiger partial charge in [-0.2, -0.15) is 0 Å². The van der Waals surface area contributed by atoms with Crippen LogP contribution in [0.25, 0.3) is 0 Å². The van der Waals surface area contributed by atoms with Crippen LogP contribution in [0.4, 0.5) is 0 Å². The Labute approximate surface area is 117 Å². The van der Waals surface area contributed by atoms with Crippen molar-refractivity contribution in [3.05, 3.63) is 34.9 Å². The first-order chi connectivity index (χ1) is 9.61. The number of nitrogens with zero attached hydrogens (tertiary/aromatic N) is 1. The zero-order chi connectivity index (χ0) is 14.1. The Morgan fingerprint density at radius 1 is 1.25 bits per heavy atom. The van der Waals surface area contributed by atoms with E-state index in [0.717, 1.165) is 17.7 Å². The van der Waals surface area contributed by atoms with E-state index in [2.05, 4.69) is 5.32 Å². The molecule has 1 aliphatic heterocycles. The molecule has 1 saturated carbocycles. The van der Waals surface area contributed by atoms with Gasteiger partial charge in [-0.15, -0.1) is 0 Å². The number of hydrogen-bond donors (Lipinski definition) is 2. The summed E-state index contributed by atoms with van der Waals surface area (Å²) in [5, 5.41) is 11.9. The molecule has 2 N–H and O–H groups in total. The average molecular weight is 274 g/mol. The van der Waals surface area contributed by atoms with Crippen molar-refractivity contribution < 1.29 is 14.7 Å². The SMILES string of the molecule is O=C(CN1Cc2ccc(C(=O)O)cc2C1)NCC1CC1. The fraction of sp³-hybridized carbons (Fsp3) is 0.467. The summed E-state index contributed by atoms with van der Waals surface area (Å²) in [6, 6.07) is 5.18. The molecular weight excluding hydrogens is 256 g/mol. The van der Waals surface area contributed by atoms with Crippen molar-refractivity contribution in [1.82, 2.24) is 10.2 Å². The number of carbonyl (C=O) groups excluding carboxylic acids is 1. The van der Waals surface area contributed by atoms with Crippen LogP contribution in [-0.4, -0.2) is 35.0 Å². The Morgan fingerprint density at radius 2 is 2.00 bits per heavy atom. The van der Waals surface area contributed by atoms with Gasteiger partial charge < -0.3 is 10.4 Å². The van der Waals surface area contributed by atoms with E-state index in [-0.39, 0.29) is 5.91 Å². The number of carboxylic acid groups (broad SMARTS) is 1. The molecule has 1 aliphatic carbocycles. The summed E-state index contributed by atoms with van der Waals surface area (Å²) in [6.07, 6.45) is 2.46. The summed E-state index contributed by atoms with van der Waals surface area (Å²) in [6.45, 7) is 2.53. The fourth-order valence-electron chi connectivity index (χ4n) is 2.55. The highest BCUT2D eigenvalue weighted by Gasteiger charge is 2.24. The average Bonchev–Trinajstić information content (AvgIpc) is 3.15. The molecule has 5 nitrogen and oxygen atoms in total. The zero-order valence-electron chi connectivity index (χ0n) is 11.3. The second-order valence-corrected chi connectivity index (χ2v) is 5.68. The predicted molar refractivity (Wildman–Crippen MR) is 73.2 cm³/mol. The summed E-state index contributed by atoms with van der Waals surface area (Å²) in [5.41, 5.74) is 2.44. The van der Waals surface area contributed by atoms with Gasteiger partial charge in [-0.3, -0.25) is 9.69 Å². The normalized spacial score (nSPS) is 17.8. The minimum absolute atomic E-state index is 0.0585. The first-order valence-corrected chi connectivity index (χ1v) is 6.96. The third kappa shape index (κ3) is 2.99. The van der Waals surface area contributed by atoms with E-state index in [1.807, 2.05) is 11.0 Å². The monoisotopic (exact) mass is 274 g/mol. The molecule has 1 aromatic carbocycles. The summed E-state index contributed by atoms with van der Waals surface area (Å²) < 4.78 is 0. The maximum Gasteiger partial charge on any atom is 0.335 e. The molecule has 1 aromatic rings. The van der Waals surface area contributed by atoms with E-state index in [9.17, 15) is 9.59 Å². The maximum absolute atomic E-state index is 11.8. The minimum atomic E-state index is -0.909. The Morgan fingerprint density at radius 3 is 2.70 bits per heavy atom. The van der Waals surface area contributed by atoms with Gasteiger partial charge in [0.25, 0.3) is 0 Å². The molecule has 1 amide bonds. The molecule has 2 aliphatic rings. The minimum Gasteiger partial charge on any atom is -0.478 e. The molecule has 20 heavy (non-hydrogen) atoms. The van der Waals surface area contributed by atoms with Crippen molar-refractivity contribution in [3.8, 4) is 0 Å². The highest BCUT2D eigenvalue weighted by atomic mass is 16.4. The van der Waals surface area contributed by atoms with Gasteiger partial charge in [-0.05, 0) is 42.0 Å². The molecule has 0 radical (unpaired) electrons. The number of carbonyl (C=O) groups is 2. The van der Waals surface area contributed by atoms with E-state index in [1.54, 1.807) is 12.1 Å². The van der Waals surface area contributed by atoms with Crippen molar-refractivity contribution in [3.63, 3.8) is 0 Å². The fourth-order valence-corrected chi connectivity index (χ4v) is 2.55. The van der Waals surface area contributed by atoms with Crippen LogP contribution >= 0.6 is 0 Å². The van der Waals surface area contributed by atoms with Gasteiger partial charge in [-0.25, -0.2) is 4.79 Å². The van der Waals surface area contributed by atoms with Crippen LogP contribution in [0.2, 0.25) is 0 Å². The molecule has 0 aromatic heterocycles. The van der Waals surface area contributed by atoms with Crippen LogP contribution in [0.15, 0.2) is 18.2 Å². The third-order valence-electron chi connectivity index (χ3n) is 3.89. The summed E-state index contributed by atoms with van der Waals surface area (Å²) >= 11 is 0.